The van der Waals surface area contributed by atoms with E-state index in [0.29, 0.717) is 34.8 Å². The van der Waals surface area contributed by atoms with Gasteiger partial charge in [0.05, 0.1) is 13.0 Å². The maximum atomic E-state index is 12.6. The number of carbonyl (C=O) groups excluding carboxylic acids is 2. The molecule has 1 aliphatic rings. The molecule has 28 heavy (non-hydrogen) atoms. The Morgan fingerprint density at radius 2 is 1.96 bits per heavy atom. The van der Waals surface area contributed by atoms with Crippen LogP contribution in [0.3, 0.4) is 0 Å². The number of hydrogen-bond donors (Lipinski definition) is 4. The van der Waals surface area contributed by atoms with Gasteiger partial charge < -0.3 is 10.3 Å². The molecule has 0 saturated heterocycles. The number of H-pyrrole nitrogens is 1. The van der Waals surface area contributed by atoms with E-state index in [1.165, 1.54) is 19.1 Å². The zero-order valence-corrected chi connectivity index (χ0v) is 16.8. The molecule has 148 valence electrons. The number of benzene rings is 1. The third kappa shape index (κ3) is 3.99. The molecular weight excluding hydrogens is 380 g/mol. The molecule has 0 aliphatic carbocycles. The lowest BCUT2D eigenvalue weighted by molar-refractivity contribution is -0.448. The summed E-state index contributed by atoms with van der Waals surface area (Å²) < 4.78 is 27.6. The van der Waals surface area contributed by atoms with Crippen molar-refractivity contribution in [1.82, 2.24) is 9.71 Å². The number of hydrogen-bond acceptors (Lipinski definition) is 4. The van der Waals surface area contributed by atoms with Crippen LogP contribution in [0.1, 0.15) is 51.9 Å². The van der Waals surface area contributed by atoms with E-state index in [1.807, 2.05) is 0 Å². The number of aryl methyl sites for hydroxylation is 1. The van der Waals surface area contributed by atoms with E-state index in [4.69, 9.17) is 0 Å². The number of rotatable bonds is 5. The molecule has 1 aromatic heterocycles. The zero-order chi connectivity index (χ0) is 20.5. The van der Waals surface area contributed by atoms with Crippen molar-refractivity contribution in [2.75, 3.05) is 11.9 Å². The van der Waals surface area contributed by atoms with E-state index >= 15 is 0 Å². The van der Waals surface area contributed by atoms with Crippen molar-refractivity contribution in [3.05, 3.63) is 46.8 Å². The number of ketones is 1. The quantitative estimate of drug-likeness (QED) is 0.547. The fourth-order valence-corrected chi connectivity index (χ4v) is 4.50. The second kappa shape index (κ2) is 7.59. The molecule has 0 spiro atoms. The average Bonchev–Trinajstić information content (AvgIpc) is 3.22. The molecule has 0 radical (unpaired) electrons. The van der Waals surface area contributed by atoms with Crippen molar-refractivity contribution in [3.63, 3.8) is 0 Å². The van der Waals surface area contributed by atoms with Crippen LogP contribution < -0.4 is 15.0 Å². The largest absolute Gasteiger partial charge is 0.354 e. The molecule has 1 aromatic carbocycles. The van der Waals surface area contributed by atoms with Crippen molar-refractivity contribution in [2.45, 2.75) is 38.5 Å². The Morgan fingerprint density at radius 3 is 2.57 bits per heavy atom. The molecule has 0 saturated carbocycles. The predicted molar refractivity (Wildman–Crippen MR) is 105 cm³/mol. The molecule has 3 rings (SSSR count). The highest BCUT2D eigenvalue weighted by atomic mass is 32.2. The Hall–Kier alpha value is -2.94. The molecule has 9 heteroatoms. The molecule has 0 bridgehead atoms. The van der Waals surface area contributed by atoms with Gasteiger partial charge in [0.25, 0.3) is 11.7 Å². The smallest absolute Gasteiger partial charge is 0.328 e. The molecule has 8 nitrogen and oxygen atoms in total. The van der Waals surface area contributed by atoms with Crippen molar-refractivity contribution >= 4 is 33.2 Å². The number of amidine groups is 1. The fourth-order valence-electron chi connectivity index (χ4n) is 3.34. The normalized spacial score (nSPS) is 13.9. The van der Waals surface area contributed by atoms with Crippen LogP contribution in [0.15, 0.2) is 29.2 Å². The molecule has 1 aliphatic heterocycles. The van der Waals surface area contributed by atoms with Crippen LogP contribution in [-0.2, 0) is 10.0 Å². The minimum Gasteiger partial charge on any atom is -0.354 e. The molecule has 0 unspecified atom stereocenters. The van der Waals surface area contributed by atoms with E-state index in [-0.39, 0.29) is 16.4 Å². The highest BCUT2D eigenvalue weighted by molar-refractivity contribution is 7.90. The minimum absolute atomic E-state index is 0.0512. The maximum Gasteiger partial charge on any atom is 0.328 e. The van der Waals surface area contributed by atoms with E-state index in [0.717, 1.165) is 13.0 Å². The van der Waals surface area contributed by atoms with Crippen LogP contribution in [0.25, 0.3) is 0 Å². The number of Topliss-reactive ketones (excluding diaryl/α,β-unsaturated/α-hetero) is 1. The summed E-state index contributed by atoms with van der Waals surface area (Å²) in [5.74, 6) is 0.00798. The topological polar surface area (TPSA) is 122 Å². The van der Waals surface area contributed by atoms with Gasteiger partial charge in [-0.3, -0.25) is 14.6 Å². The third-order valence-corrected chi connectivity index (χ3v) is 6.01. The lowest BCUT2D eigenvalue weighted by atomic mass is 10.1. The third-order valence-electron chi connectivity index (χ3n) is 4.62. The zero-order valence-electron chi connectivity index (χ0n) is 16.0. The molecule has 2 heterocycles. The van der Waals surface area contributed by atoms with Crippen molar-refractivity contribution in [3.8, 4) is 0 Å². The molecule has 2 aromatic rings. The van der Waals surface area contributed by atoms with Gasteiger partial charge >= 0.3 is 10.0 Å². The van der Waals surface area contributed by atoms with E-state index in [9.17, 15) is 18.0 Å². The van der Waals surface area contributed by atoms with Gasteiger partial charge in [0.15, 0.2) is 5.78 Å². The van der Waals surface area contributed by atoms with E-state index in [2.05, 4.69) is 20.0 Å². The molecule has 0 fully saturated rings. The van der Waals surface area contributed by atoms with E-state index < -0.39 is 15.9 Å². The summed E-state index contributed by atoms with van der Waals surface area (Å²) in [6, 6.07) is 6.03. The summed E-state index contributed by atoms with van der Waals surface area (Å²) in [5, 5.41) is 2.69. The van der Waals surface area contributed by atoms with Crippen molar-refractivity contribution in [1.29, 1.82) is 0 Å². The number of sulfonamides is 1. The van der Waals surface area contributed by atoms with Crippen LogP contribution in [0, 0.1) is 13.8 Å². The molecular formula is C19H23N4O4S+. The van der Waals surface area contributed by atoms with Crippen LogP contribution >= 0.6 is 0 Å². The van der Waals surface area contributed by atoms with Gasteiger partial charge in [-0.25, -0.2) is 0 Å². The van der Waals surface area contributed by atoms with E-state index in [1.54, 1.807) is 26.0 Å². The summed E-state index contributed by atoms with van der Waals surface area (Å²) in [6.45, 7) is 5.62. The molecule has 0 atom stereocenters. The van der Waals surface area contributed by atoms with Crippen molar-refractivity contribution in [2.24, 2.45) is 0 Å². The number of anilines is 1. The Bertz CT molecular complexity index is 1080. The minimum atomic E-state index is -3.74. The van der Waals surface area contributed by atoms with Gasteiger partial charge in [-0.15, -0.1) is 0 Å². The summed E-state index contributed by atoms with van der Waals surface area (Å²) in [6.07, 6.45) is 1.53. The first kappa shape index (κ1) is 19.8. The first-order valence-electron chi connectivity index (χ1n) is 8.93. The predicted octanol–water partition coefficient (Wildman–Crippen LogP) is 0.638. The SMILES string of the molecule is CC(=O)c1c(C)[nH]c(C(=O)Nc2cccc(S(=O)(=O)NC3=[NH+]CCC3)c2)c1C. The second-order valence-corrected chi connectivity index (χ2v) is 8.46. The highest BCUT2D eigenvalue weighted by Gasteiger charge is 2.25. The highest BCUT2D eigenvalue weighted by Crippen LogP contribution is 2.21. The Kier molecular flexibility index (Phi) is 5.37. The average molecular weight is 403 g/mol. The lowest BCUT2D eigenvalue weighted by Gasteiger charge is -2.07. The number of aromatic amines is 1. The summed E-state index contributed by atoms with van der Waals surface area (Å²) >= 11 is 0. The van der Waals surface area contributed by atoms with Crippen LogP contribution in [0.5, 0.6) is 0 Å². The van der Waals surface area contributed by atoms with Gasteiger partial charge in [-0.05, 0) is 51.0 Å². The van der Waals surface area contributed by atoms with Crippen LogP contribution in [0.4, 0.5) is 5.69 Å². The lowest BCUT2D eigenvalue weighted by Crippen LogP contribution is -2.72. The number of aromatic nitrogens is 1. The van der Waals surface area contributed by atoms with Gasteiger partial charge in [0, 0.05) is 16.9 Å². The Labute approximate surface area is 163 Å². The fraction of sp³-hybridized carbons (Fsp3) is 0.316. The van der Waals surface area contributed by atoms with Crippen molar-refractivity contribution < 1.29 is 23.0 Å². The Balaban J connectivity index is 1.82. The maximum absolute atomic E-state index is 12.6. The number of carbonyl (C=O) groups is 2. The molecule has 4 N–H and O–H groups in total. The monoisotopic (exact) mass is 403 g/mol. The number of amides is 1. The summed E-state index contributed by atoms with van der Waals surface area (Å²) in [4.78, 5) is 30.4. The molecule has 1 amide bonds. The number of nitrogens with one attached hydrogen (secondary N) is 4. The van der Waals surface area contributed by atoms with Crippen LogP contribution in [0.2, 0.25) is 0 Å². The second-order valence-electron chi connectivity index (χ2n) is 6.78. The van der Waals surface area contributed by atoms with Gasteiger partial charge in [0.2, 0.25) is 0 Å². The van der Waals surface area contributed by atoms with Crippen LogP contribution in [-0.4, -0.2) is 37.5 Å². The first-order chi connectivity index (χ1) is 13.2. The standard InChI is InChI=1S/C19H22N4O4S/c1-11-17(13(3)24)12(2)21-18(11)19(25)22-14-6-4-7-15(10-14)28(26,27)23-16-8-5-9-20-16/h4,6-7,10,21H,5,8-9H2,1-3H3,(H,20,23)(H,22,25)/p+1. The summed E-state index contributed by atoms with van der Waals surface area (Å²) in [7, 11) is -3.74. The Morgan fingerprint density at radius 1 is 1.21 bits per heavy atom. The first-order valence-corrected chi connectivity index (χ1v) is 10.4. The van der Waals surface area contributed by atoms with Gasteiger partial charge in [-0.1, -0.05) is 6.07 Å². The summed E-state index contributed by atoms with van der Waals surface area (Å²) in [5.41, 5.74) is 2.30. The van der Waals surface area contributed by atoms with Gasteiger partial charge in [0.1, 0.15) is 10.6 Å². The van der Waals surface area contributed by atoms with Gasteiger partial charge in [-0.2, -0.15) is 13.1 Å².